The van der Waals surface area contributed by atoms with Crippen LogP contribution in [0.2, 0.25) is 5.02 Å². The van der Waals surface area contributed by atoms with Gasteiger partial charge in [0.15, 0.2) is 5.60 Å². The summed E-state index contributed by atoms with van der Waals surface area (Å²) in [6.45, 7) is 7.23. The van der Waals surface area contributed by atoms with Gasteiger partial charge in [-0.2, -0.15) is 0 Å². The van der Waals surface area contributed by atoms with Gasteiger partial charge in [-0.15, -0.1) is 0 Å². The molecule has 3 nitrogen and oxygen atoms in total. The maximum Gasteiger partial charge on any atom is 0.201 e. The molecule has 5 heteroatoms. The van der Waals surface area contributed by atoms with E-state index in [4.69, 9.17) is 21.1 Å². The van der Waals surface area contributed by atoms with Gasteiger partial charge in [-0.25, -0.2) is 4.39 Å². The third kappa shape index (κ3) is 2.66. The zero-order valence-corrected chi connectivity index (χ0v) is 17.8. The molecule has 3 fully saturated rings. The molecule has 5 rings (SSSR count). The van der Waals surface area contributed by atoms with Gasteiger partial charge in [-0.05, 0) is 69.7 Å². The number of hydrogen-bond acceptors (Lipinski definition) is 3. The van der Waals surface area contributed by atoms with Crippen LogP contribution in [-0.4, -0.2) is 22.6 Å². The zero-order valence-electron chi connectivity index (χ0n) is 17.0. The number of ether oxygens (including phenoxy) is 2. The topological polar surface area (TPSA) is 38.8 Å². The number of halogens is 2. The molecule has 2 aliphatic heterocycles. The number of ketones is 1. The van der Waals surface area contributed by atoms with Crippen molar-refractivity contribution >= 4 is 17.4 Å². The van der Waals surface area contributed by atoms with Crippen LogP contribution in [-0.2, 0) is 14.3 Å². The molecule has 0 bridgehead atoms. The minimum absolute atomic E-state index is 0.113. The van der Waals surface area contributed by atoms with E-state index in [2.05, 4.69) is 0 Å². The van der Waals surface area contributed by atoms with Crippen LogP contribution in [0.3, 0.4) is 0 Å². The second-order valence-corrected chi connectivity index (χ2v) is 9.83. The van der Waals surface area contributed by atoms with Gasteiger partial charge in [0, 0.05) is 16.1 Å². The zero-order chi connectivity index (χ0) is 20.8. The summed E-state index contributed by atoms with van der Waals surface area (Å²) >= 11 is 6.00. The largest absolute Gasteiger partial charge is 0.358 e. The number of benzene rings is 2. The lowest BCUT2D eigenvalue weighted by molar-refractivity contribution is -0.132. The van der Waals surface area contributed by atoms with Crippen molar-refractivity contribution in [3.05, 3.63) is 58.4 Å². The highest BCUT2D eigenvalue weighted by Crippen LogP contribution is 2.65. The van der Waals surface area contributed by atoms with Crippen molar-refractivity contribution in [2.45, 2.75) is 69.4 Å². The standard InChI is InChI=1S/C24H24ClFO3/c1-22(2)21(27)24(23(3,4)29-22)20(28-24)18-16(13-5-6-13)11-12-17(19(18)26)14-7-9-15(25)10-8-14/h7-13,20H,5-6H2,1-4H3. The van der Waals surface area contributed by atoms with Crippen LogP contribution < -0.4 is 0 Å². The summed E-state index contributed by atoms with van der Waals surface area (Å²) in [5.74, 6) is -0.0986. The lowest BCUT2D eigenvalue weighted by atomic mass is 9.79. The third-order valence-electron chi connectivity index (χ3n) is 6.55. The molecule has 1 saturated carbocycles. The lowest BCUT2D eigenvalue weighted by Crippen LogP contribution is -2.41. The highest BCUT2D eigenvalue weighted by Gasteiger charge is 2.79. The maximum absolute atomic E-state index is 15.9. The Bertz CT molecular complexity index is 1020. The smallest absolute Gasteiger partial charge is 0.201 e. The summed E-state index contributed by atoms with van der Waals surface area (Å²) in [5, 5.41) is 0.603. The molecule has 1 spiro atoms. The molecule has 2 atom stereocenters. The van der Waals surface area contributed by atoms with E-state index >= 15 is 4.39 Å². The molecule has 2 saturated heterocycles. The monoisotopic (exact) mass is 414 g/mol. The first-order chi connectivity index (χ1) is 13.6. The predicted molar refractivity (Wildman–Crippen MR) is 110 cm³/mol. The minimum atomic E-state index is -1.14. The Morgan fingerprint density at radius 1 is 1.03 bits per heavy atom. The first kappa shape index (κ1) is 19.2. The molecule has 2 unspecified atom stereocenters. The van der Waals surface area contributed by atoms with E-state index in [0.29, 0.717) is 22.1 Å². The Morgan fingerprint density at radius 3 is 2.24 bits per heavy atom. The molecular weight excluding hydrogens is 391 g/mol. The Labute approximate surface area is 175 Å². The van der Waals surface area contributed by atoms with Crippen LogP contribution in [0.4, 0.5) is 4.39 Å². The Morgan fingerprint density at radius 2 is 1.69 bits per heavy atom. The molecule has 29 heavy (non-hydrogen) atoms. The fourth-order valence-corrected chi connectivity index (χ4v) is 5.13. The highest BCUT2D eigenvalue weighted by molar-refractivity contribution is 6.30. The lowest BCUT2D eigenvalue weighted by Gasteiger charge is -2.24. The second-order valence-electron chi connectivity index (χ2n) is 9.40. The van der Waals surface area contributed by atoms with Gasteiger partial charge in [0.05, 0.1) is 0 Å². The SMILES string of the molecule is CC1(C)OC(C)(C)C2(OC2c2c(C3CC3)ccc(-c3ccc(Cl)cc3)c2F)C1=O. The Balaban J connectivity index is 1.65. The van der Waals surface area contributed by atoms with Gasteiger partial charge in [0.2, 0.25) is 5.78 Å². The maximum atomic E-state index is 15.9. The highest BCUT2D eigenvalue weighted by atomic mass is 35.5. The minimum Gasteiger partial charge on any atom is -0.358 e. The van der Waals surface area contributed by atoms with Gasteiger partial charge in [-0.1, -0.05) is 35.9 Å². The average Bonchev–Trinajstić information content (AvgIpc) is 3.53. The number of carbonyl (C=O) groups excluding carboxylic acids is 1. The van der Waals surface area contributed by atoms with Crippen molar-refractivity contribution in [3.8, 4) is 11.1 Å². The summed E-state index contributed by atoms with van der Waals surface area (Å²) in [4.78, 5) is 13.2. The van der Waals surface area contributed by atoms with E-state index in [1.807, 2.05) is 38.1 Å². The first-order valence-electron chi connectivity index (χ1n) is 10.1. The van der Waals surface area contributed by atoms with E-state index in [1.54, 1.807) is 26.0 Å². The summed E-state index contributed by atoms with van der Waals surface area (Å²) < 4.78 is 28.1. The molecule has 0 amide bonds. The van der Waals surface area contributed by atoms with Gasteiger partial charge >= 0.3 is 0 Å². The van der Waals surface area contributed by atoms with Crippen molar-refractivity contribution in [1.29, 1.82) is 0 Å². The van der Waals surface area contributed by atoms with Crippen LogP contribution in [0.5, 0.6) is 0 Å². The number of carbonyl (C=O) groups is 1. The average molecular weight is 415 g/mol. The summed E-state index contributed by atoms with van der Waals surface area (Å²) in [7, 11) is 0. The number of hydrogen-bond donors (Lipinski definition) is 0. The quantitative estimate of drug-likeness (QED) is 0.579. The Kier molecular flexibility index (Phi) is 3.91. The van der Waals surface area contributed by atoms with Crippen LogP contribution in [0.15, 0.2) is 36.4 Å². The summed E-state index contributed by atoms with van der Waals surface area (Å²) in [6.07, 6.45) is 1.44. The molecule has 0 aromatic heterocycles. The summed E-state index contributed by atoms with van der Waals surface area (Å²) in [6, 6.07) is 10.9. The molecule has 2 heterocycles. The van der Waals surface area contributed by atoms with Crippen molar-refractivity contribution in [3.63, 3.8) is 0 Å². The van der Waals surface area contributed by atoms with E-state index in [-0.39, 0.29) is 11.6 Å². The molecular formula is C24H24ClFO3. The van der Waals surface area contributed by atoms with E-state index in [9.17, 15) is 4.79 Å². The second kappa shape index (κ2) is 5.90. The van der Waals surface area contributed by atoms with Gasteiger partial charge in [0.25, 0.3) is 0 Å². The molecule has 1 aliphatic carbocycles. The van der Waals surface area contributed by atoms with Crippen LogP contribution in [0.1, 0.15) is 63.7 Å². The number of rotatable bonds is 3. The van der Waals surface area contributed by atoms with Crippen LogP contribution >= 0.6 is 11.6 Å². The van der Waals surface area contributed by atoms with Crippen LogP contribution in [0.25, 0.3) is 11.1 Å². The van der Waals surface area contributed by atoms with Crippen LogP contribution in [0, 0.1) is 5.82 Å². The van der Waals surface area contributed by atoms with Gasteiger partial charge < -0.3 is 9.47 Å². The van der Waals surface area contributed by atoms with Gasteiger partial charge in [-0.3, -0.25) is 4.79 Å². The number of Topliss-reactive ketones (excluding diaryl/α,β-unsaturated/α-hetero) is 1. The summed E-state index contributed by atoms with van der Waals surface area (Å²) in [5.41, 5.74) is -0.212. The first-order valence-corrected chi connectivity index (χ1v) is 10.5. The molecule has 2 aromatic carbocycles. The van der Waals surface area contributed by atoms with Gasteiger partial charge in [0.1, 0.15) is 23.1 Å². The fourth-order valence-electron chi connectivity index (χ4n) is 5.00. The van der Waals surface area contributed by atoms with Crippen molar-refractivity contribution in [2.75, 3.05) is 0 Å². The van der Waals surface area contributed by atoms with E-state index in [0.717, 1.165) is 24.0 Å². The predicted octanol–water partition coefficient (Wildman–Crippen LogP) is 5.99. The molecule has 3 aliphatic rings. The van der Waals surface area contributed by atoms with E-state index in [1.165, 1.54) is 0 Å². The molecule has 0 N–H and O–H groups in total. The number of epoxide rings is 1. The van der Waals surface area contributed by atoms with Crippen molar-refractivity contribution < 1.29 is 18.7 Å². The molecule has 2 aromatic rings. The molecule has 152 valence electrons. The fraction of sp³-hybridized carbons (Fsp3) is 0.458. The normalized spacial score (nSPS) is 29.4. The Hall–Kier alpha value is -1.75. The third-order valence-corrected chi connectivity index (χ3v) is 6.80. The van der Waals surface area contributed by atoms with E-state index < -0.39 is 22.9 Å². The van der Waals surface area contributed by atoms with Crippen molar-refractivity contribution in [2.24, 2.45) is 0 Å². The van der Waals surface area contributed by atoms with Crippen molar-refractivity contribution in [1.82, 2.24) is 0 Å². The molecule has 0 radical (unpaired) electrons.